The van der Waals surface area contributed by atoms with Crippen molar-refractivity contribution in [3.63, 3.8) is 0 Å². The first-order valence-corrected chi connectivity index (χ1v) is 5.89. The highest BCUT2D eigenvalue weighted by Crippen LogP contribution is 2.36. The first-order chi connectivity index (χ1) is 9.29. The van der Waals surface area contributed by atoms with E-state index in [0.717, 1.165) is 12.1 Å². The molecule has 1 N–H and O–H groups in total. The second-order valence-electron chi connectivity index (χ2n) is 4.04. The van der Waals surface area contributed by atoms with Crippen LogP contribution in [0.1, 0.15) is 21.7 Å². The Hall–Kier alpha value is -1.95. The smallest absolute Gasteiger partial charge is 0.417 e. The van der Waals surface area contributed by atoms with Gasteiger partial charge >= 0.3 is 6.18 Å². The third-order valence-electron chi connectivity index (χ3n) is 2.63. The van der Waals surface area contributed by atoms with Crippen molar-refractivity contribution in [1.29, 1.82) is 0 Å². The molecule has 7 heteroatoms. The van der Waals surface area contributed by atoms with Crippen LogP contribution in [0.15, 0.2) is 34.9 Å². The monoisotopic (exact) mass is 303 g/mol. The molecule has 0 fully saturated rings. The van der Waals surface area contributed by atoms with Gasteiger partial charge in [-0.1, -0.05) is 11.6 Å². The van der Waals surface area contributed by atoms with Gasteiger partial charge in [-0.25, -0.2) is 0 Å². The molecule has 0 aliphatic carbocycles. The Kier molecular flexibility index (Phi) is 3.76. The fourth-order valence-electron chi connectivity index (χ4n) is 1.64. The molecule has 0 atom stereocenters. The Labute approximate surface area is 117 Å². The third-order valence-corrected chi connectivity index (χ3v) is 2.96. The van der Waals surface area contributed by atoms with Gasteiger partial charge < -0.3 is 9.73 Å². The van der Waals surface area contributed by atoms with Crippen LogP contribution in [0.3, 0.4) is 0 Å². The van der Waals surface area contributed by atoms with Gasteiger partial charge in [-0.05, 0) is 31.2 Å². The lowest BCUT2D eigenvalue weighted by Gasteiger charge is -2.11. The molecule has 0 aliphatic rings. The number of amides is 1. The second-order valence-corrected chi connectivity index (χ2v) is 4.44. The van der Waals surface area contributed by atoms with Crippen LogP contribution in [0.25, 0.3) is 0 Å². The predicted molar refractivity (Wildman–Crippen MR) is 67.9 cm³/mol. The Bertz CT molecular complexity index is 649. The van der Waals surface area contributed by atoms with Crippen molar-refractivity contribution in [2.24, 2.45) is 0 Å². The Morgan fingerprint density at radius 3 is 2.55 bits per heavy atom. The van der Waals surface area contributed by atoms with E-state index in [1.807, 2.05) is 0 Å². The average molecular weight is 304 g/mol. The highest BCUT2D eigenvalue weighted by Gasteiger charge is 2.33. The van der Waals surface area contributed by atoms with Gasteiger partial charge in [0.25, 0.3) is 5.91 Å². The minimum absolute atomic E-state index is 0.00678. The summed E-state index contributed by atoms with van der Waals surface area (Å²) >= 11 is 5.49. The summed E-state index contributed by atoms with van der Waals surface area (Å²) in [6, 6.07) is 4.61. The maximum Gasteiger partial charge on any atom is 0.417 e. The molecule has 1 heterocycles. The van der Waals surface area contributed by atoms with Crippen molar-refractivity contribution in [2.75, 3.05) is 5.32 Å². The normalized spacial score (nSPS) is 11.4. The van der Waals surface area contributed by atoms with E-state index in [0.29, 0.717) is 5.76 Å². The number of hydrogen-bond acceptors (Lipinski definition) is 2. The molecule has 20 heavy (non-hydrogen) atoms. The highest BCUT2D eigenvalue weighted by atomic mass is 35.5. The molecule has 0 unspecified atom stereocenters. The molecule has 0 aliphatic heterocycles. The van der Waals surface area contributed by atoms with Crippen molar-refractivity contribution in [3.8, 4) is 0 Å². The van der Waals surface area contributed by atoms with Crippen molar-refractivity contribution >= 4 is 23.2 Å². The zero-order chi connectivity index (χ0) is 14.9. The van der Waals surface area contributed by atoms with E-state index in [4.69, 9.17) is 16.0 Å². The minimum Gasteiger partial charge on any atom is -0.469 e. The van der Waals surface area contributed by atoms with Gasteiger partial charge in [-0.2, -0.15) is 13.2 Å². The van der Waals surface area contributed by atoms with E-state index in [9.17, 15) is 18.0 Å². The number of alkyl halides is 3. The molecule has 0 radical (unpaired) electrons. The first-order valence-electron chi connectivity index (χ1n) is 5.51. The molecule has 1 aromatic heterocycles. The predicted octanol–water partition coefficient (Wildman–Crippen LogP) is 4.51. The zero-order valence-electron chi connectivity index (χ0n) is 10.2. The molecule has 2 aromatic rings. The Morgan fingerprint density at radius 2 is 2.00 bits per heavy atom. The summed E-state index contributed by atoms with van der Waals surface area (Å²) in [6.07, 6.45) is -3.25. The number of rotatable bonds is 2. The van der Waals surface area contributed by atoms with Crippen molar-refractivity contribution in [1.82, 2.24) is 0 Å². The molecule has 0 bridgehead atoms. The van der Waals surface area contributed by atoms with Crippen LogP contribution in [0.5, 0.6) is 0 Å². The van der Waals surface area contributed by atoms with Crippen LogP contribution < -0.4 is 5.32 Å². The summed E-state index contributed by atoms with van der Waals surface area (Å²) < 4.78 is 43.0. The topological polar surface area (TPSA) is 42.2 Å². The summed E-state index contributed by atoms with van der Waals surface area (Å²) in [7, 11) is 0. The highest BCUT2D eigenvalue weighted by molar-refractivity contribution is 6.31. The maximum atomic E-state index is 12.7. The molecular formula is C13H9ClF3NO2. The molecule has 106 valence electrons. The lowest BCUT2D eigenvalue weighted by molar-refractivity contribution is -0.137. The number of carbonyl (C=O) groups is 1. The molecule has 2 rings (SSSR count). The number of halogens is 4. The minimum atomic E-state index is -4.58. The van der Waals surface area contributed by atoms with Gasteiger partial charge in [-0.3, -0.25) is 4.79 Å². The van der Waals surface area contributed by atoms with Gasteiger partial charge in [0, 0.05) is 5.69 Å². The van der Waals surface area contributed by atoms with Gasteiger partial charge in [0.05, 0.1) is 22.4 Å². The van der Waals surface area contributed by atoms with Crippen LogP contribution in [-0.4, -0.2) is 5.91 Å². The molecule has 0 saturated heterocycles. The number of nitrogens with one attached hydrogen (secondary N) is 1. The number of carbonyl (C=O) groups excluding carboxylic acids is 1. The molecule has 1 amide bonds. The fourth-order valence-corrected chi connectivity index (χ4v) is 1.86. The molecule has 0 spiro atoms. The summed E-state index contributed by atoms with van der Waals surface area (Å²) in [5.41, 5.74) is -0.735. The lowest BCUT2D eigenvalue weighted by atomic mass is 10.1. The molecule has 1 aromatic carbocycles. The van der Waals surface area contributed by atoms with Gasteiger partial charge in [-0.15, -0.1) is 0 Å². The number of benzene rings is 1. The number of furan rings is 1. The first kappa shape index (κ1) is 14.5. The third kappa shape index (κ3) is 2.96. The van der Waals surface area contributed by atoms with Crippen molar-refractivity contribution in [2.45, 2.75) is 13.1 Å². The van der Waals surface area contributed by atoms with Crippen LogP contribution >= 0.6 is 11.6 Å². The van der Waals surface area contributed by atoms with Crippen LogP contribution in [0.4, 0.5) is 18.9 Å². The van der Waals surface area contributed by atoms with E-state index in [1.165, 1.54) is 18.4 Å². The van der Waals surface area contributed by atoms with Gasteiger partial charge in [0.15, 0.2) is 0 Å². The fraction of sp³-hybridized carbons (Fsp3) is 0.154. The van der Waals surface area contributed by atoms with Crippen LogP contribution in [-0.2, 0) is 6.18 Å². The SMILES string of the molecule is Cc1occc1C(=O)Nc1ccc(Cl)c(C(F)(F)F)c1. The van der Waals surface area contributed by atoms with Gasteiger partial charge in [0.2, 0.25) is 0 Å². The molecular weight excluding hydrogens is 295 g/mol. The number of hydrogen-bond donors (Lipinski definition) is 1. The Balaban J connectivity index is 2.27. The maximum absolute atomic E-state index is 12.7. The van der Waals surface area contributed by atoms with E-state index < -0.39 is 22.7 Å². The summed E-state index contributed by atoms with van der Waals surface area (Å²) in [5.74, 6) is -0.167. The van der Waals surface area contributed by atoms with E-state index in [-0.39, 0.29) is 11.3 Å². The molecule has 0 saturated carbocycles. The second kappa shape index (κ2) is 5.20. The summed E-state index contributed by atoms with van der Waals surface area (Å²) in [5, 5.41) is 1.95. The van der Waals surface area contributed by atoms with Crippen molar-refractivity contribution in [3.05, 3.63) is 52.4 Å². The summed E-state index contributed by atoms with van der Waals surface area (Å²) in [4.78, 5) is 11.9. The molecule has 3 nitrogen and oxygen atoms in total. The average Bonchev–Trinajstić information content (AvgIpc) is 2.76. The van der Waals surface area contributed by atoms with Gasteiger partial charge in [0.1, 0.15) is 5.76 Å². The number of anilines is 1. The standard InChI is InChI=1S/C13H9ClF3NO2/c1-7-9(4-5-20-7)12(19)18-8-2-3-11(14)10(6-8)13(15,16)17/h2-6H,1H3,(H,18,19). The van der Waals surface area contributed by atoms with E-state index >= 15 is 0 Å². The Morgan fingerprint density at radius 1 is 1.30 bits per heavy atom. The number of aryl methyl sites for hydroxylation is 1. The summed E-state index contributed by atoms with van der Waals surface area (Å²) in [6.45, 7) is 1.58. The van der Waals surface area contributed by atoms with Crippen molar-refractivity contribution < 1.29 is 22.4 Å². The van der Waals surface area contributed by atoms with E-state index in [2.05, 4.69) is 5.32 Å². The lowest BCUT2D eigenvalue weighted by Crippen LogP contribution is -2.13. The largest absolute Gasteiger partial charge is 0.469 e. The van der Waals surface area contributed by atoms with Crippen LogP contribution in [0, 0.1) is 6.92 Å². The van der Waals surface area contributed by atoms with E-state index in [1.54, 1.807) is 6.92 Å². The zero-order valence-corrected chi connectivity index (χ0v) is 11.0. The van der Waals surface area contributed by atoms with Crippen LogP contribution in [0.2, 0.25) is 5.02 Å². The quantitative estimate of drug-likeness (QED) is 0.886.